The van der Waals surface area contributed by atoms with Crippen LogP contribution in [0.15, 0.2) is 76.6 Å². The molecule has 6 rings (SSSR count). The molecule has 0 spiro atoms. The molecule has 202 valence electrons. The Labute approximate surface area is 241 Å². The molecule has 2 aliphatic rings. The predicted molar refractivity (Wildman–Crippen MR) is 150 cm³/mol. The summed E-state index contributed by atoms with van der Waals surface area (Å²) in [6.07, 6.45) is 0. The Kier molecular flexibility index (Phi) is 7.18. The van der Waals surface area contributed by atoms with Gasteiger partial charge in [-0.25, -0.2) is 4.39 Å². The molecule has 1 aromatic heterocycles. The van der Waals surface area contributed by atoms with E-state index >= 15 is 0 Å². The lowest BCUT2D eigenvalue weighted by molar-refractivity contribution is -0.132. The Balaban J connectivity index is 1.38. The van der Waals surface area contributed by atoms with Crippen molar-refractivity contribution < 1.29 is 28.6 Å². The summed E-state index contributed by atoms with van der Waals surface area (Å²) in [6.45, 7) is 0.757. The number of ether oxygens (including phenoxy) is 2. The van der Waals surface area contributed by atoms with Crippen LogP contribution in [-0.2, 0) is 15.3 Å². The molecule has 0 radical (unpaired) electrons. The Morgan fingerprint density at radius 1 is 1.05 bits per heavy atom. The quantitative estimate of drug-likeness (QED) is 0.0949. The number of ketones is 1. The lowest BCUT2D eigenvalue weighted by atomic mass is 9.95. The maximum absolute atomic E-state index is 13.4. The molecular formula is C28H19ClFN3O5S2. The second kappa shape index (κ2) is 10.9. The Morgan fingerprint density at radius 2 is 1.82 bits per heavy atom. The first-order valence-electron chi connectivity index (χ1n) is 12.1. The standard InChI is InChI=1S/C28H19ClFN3O5S2/c29-18-3-1-2-16(12-18)23-22(24(34)17-6-9-20-21(13-17)38-11-10-37-20)25(35)26(36)33(23)27-31-32-28(40-27)39-14-15-4-7-19(30)8-5-15/h1-9,12-13,23,34H,10-11,14H2/b24-22+/t23-/m1/s1. The van der Waals surface area contributed by atoms with Crippen molar-refractivity contribution in [3.63, 3.8) is 0 Å². The number of carbonyl (C=O) groups excluding carboxylic acids is 2. The predicted octanol–water partition coefficient (Wildman–Crippen LogP) is 6.02. The monoisotopic (exact) mass is 595 g/mol. The molecule has 40 heavy (non-hydrogen) atoms. The van der Waals surface area contributed by atoms with E-state index in [2.05, 4.69) is 10.2 Å². The minimum Gasteiger partial charge on any atom is -0.507 e. The van der Waals surface area contributed by atoms with Gasteiger partial charge in [0.2, 0.25) is 5.13 Å². The zero-order chi connectivity index (χ0) is 27.8. The van der Waals surface area contributed by atoms with Crippen LogP contribution >= 0.6 is 34.7 Å². The number of thioether (sulfide) groups is 1. The van der Waals surface area contributed by atoms with E-state index in [4.69, 9.17) is 21.1 Å². The van der Waals surface area contributed by atoms with Gasteiger partial charge in [-0.1, -0.05) is 59.0 Å². The first-order chi connectivity index (χ1) is 19.4. The molecule has 0 saturated carbocycles. The van der Waals surface area contributed by atoms with Crippen LogP contribution in [0.25, 0.3) is 5.76 Å². The van der Waals surface area contributed by atoms with E-state index in [0.717, 1.165) is 16.9 Å². The van der Waals surface area contributed by atoms with Crippen molar-refractivity contribution in [2.45, 2.75) is 16.1 Å². The van der Waals surface area contributed by atoms with Gasteiger partial charge in [0, 0.05) is 16.3 Å². The molecule has 1 N–H and O–H groups in total. The molecule has 4 aromatic rings. The van der Waals surface area contributed by atoms with Gasteiger partial charge in [0.25, 0.3) is 5.78 Å². The van der Waals surface area contributed by atoms with Crippen LogP contribution in [0.5, 0.6) is 11.5 Å². The molecule has 1 fully saturated rings. The van der Waals surface area contributed by atoms with E-state index < -0.39 is 17.7 Å². The normalized spacial score (nSPS) is 17.9. The van der Waals surface area contributed by atoms with Crippen LogP contribution < -0.4 is 14.4 Å². The van der Waals surface area contributed by atoms with Crippen molar-refractivity contribution in [1.29, 1.82) is 0 Å². The third-order valence-electron chi connectivity index (χ3n) is 6.30. The number of anilines is 1. The van der Waals surface area contributed by atoms with Crippen LogP contribution in [0.4, 0.5) is 9.52 Å². The zero-order valence-corrected chi connectivity index (χ0v) is 22.9. The molecule has 1 saturated heterocycles. The highest BCUT2D eigenvalue weighted by molar-refractivity contribution is 8.00. The number of aromatic nitrogens is 2. The zero-order valence-electron chi connectivity index (χ0n) is 20.5. The summed E-state index contributed by atoms with van der Waals surface area (Å²) in [4.78, 5) is 28.1. The molecule has 8 nitrogen and oxygen atoms in total. The number of hydrogen-bond acceptors (Lipinski definition) is 9. The van der Waals surface area contributed by atoms with E-state index in [0.29, 0.717) is 51.0 Å². The SMILES string of the molecule is O=C1C(=O)N(c2nnc(SCc3ccc(F)cc3)s2)[C@H](c2cccc(Cl)c2)/C1=C(\O)c1ccc2c(c1)OCCO2. The van der Waals surface area contributed by atoms with E-state index in [-0.39, 0.29) is 22.3 Å². The number of halogens is 2. The molecule has 0 bridgehead atoms. The van der Waals surface area contributed by atoms with Crippen molar-refractivity contribution in [1.82, 2.24) is 10.2 Å². The second-order valence-corrected chi connectivity index (χ2v) is 11.5. The third-order valence-corrected chi connectivity index (χ3v) is 8.66. The minimum atomic E-state index is -1.00. The molecule has 2 aliphatic heterocycles. The summed E-state index contributed by atoms with van der Waals surface area (Å²) in [6, 6.07) is 16.7. The largest absolute Gasteiger partial charge is 0.507 e. The average Bonchev–Trinajstić information content (AvgIpc) is 3.54. The summed E-state index contributed by atoms with van der Waals surface area (Å²) in [7, 11) is 0. The lowest BCUT2D eigenvalue weighted by Gasteiger charge is -2.23. The van der Waals surface area contributed by atoms with Gasteiger partial charge in [-0.05, 0) is 53.6 Å². The number of rotatable bonds is 6. The van der Waals surface area contributed by atoms with E-state index in [1.807, 2.05) is 0 Å². The third kappa shape index (κ3) is 5.03. The van der Waals surface area contributed by atoms with Crippen LogP contribution in [0, 0.1) is 5.82 Å². The van der Waals surface area contributed by atoms with Crippen LogP contribution in [0.3, 0.4) is 0 Å². The van der Waals surface area contributed by atoms with Gasteiger partial charge < -0.3 is 14.6 Å². The van der Waals surface area contributed by atoms with Crippen molar-refractivity contribution in [2.75, 3.05) is 18.1 Å². The molecule has 0 aliphatic carbocycles. The number of hydrogen-bond donors (Lipinski definition) is 1. The maximum atomic E-state index is 13.4. The molecule has 0 unspecified atom stereocenters. The number of aliphatic hydroxyl groups excluding tert-OH is 1. The highest BCUT2D eigenvalue weighted by Crippen LogP contribution is 2.45. The molecular weight excluding hydrogens is 577 g/mol. The summed E-state index contributed by atoms with van der Waals surface area (Å²) in [5, 5.41) is 20.4. The fraction of sp³-hybridized carbons (Fsp3) is 0.143. The Morgan fingerprint density at radius 3 is 2.60 bits per heavy atom. The lowest BCUT2D eigenvalue weighted by Crippen LogP contribution is -2.29. The smallest absolute Gasteiger partial charge is 0.301 e. The highest BCUT2D eigenvalue weighted by Gasteiger charge is 2.48. The van der Waals surface area contributed by atoms with Gasteiger partial charge in [-0.2, -0.15) is 0 Å². The number of benzene rings is 3. The number of carbonyl (C=O) groups is 2. The number of fused-ring (bicyclic) bond motifs is 1. The molecule has 3 heterocycles. The Hall–Kier alpha value is -3.93. The number of Topliss-reactive ketones (excluding diaryl/α,β-unsaturated/α-hetero) is 1. The summed E-state index contributed by atoms with van der Waals surface area (Å²) >= 11 is 8.78. The summed E-state index contributed by atoms with van der Waals surface area (Å²) in [5.74, 6) is -0.943. The van der Waals surface area contributed by atoms with Crippen molar-refractivity contribution in [3.05, 3.63) is 99.8 Å². The van der Waals surface area contributed by atoms with Gasteiger partial charge in [-0.15, -0.1) is 10.2 Å². The maximum Gasteiger partial charge on any atom is 0.301 e. The van der Waals surface area contributed by atoms with Crippen LogP contribution in [0.2, 0.25) is 5.02 Å². The van der Waals surface area contributed by atoms with Crippen molar-refractivity contribution in [3.8, 4) is 11.5 Å². The van der Waals surface area contributed by atoms with Crippen LogP contribution in [0.1, 0.15) is 22.7 Å². The number of aliphatic hydroxyl groups is 1. The Bertz CT molecular complexity index is 1660. The first kappa shape index (κ1) is 26.3. The van der Waals surface area contributed by atoms with Crippen LogP contribution in [-0.4, -0.2) is 40.2 Å². The average molecular weight is 596 g/mol. The fourth-order valence-corrected chi connectivity index (χ4v) is 6.47. The van der Waals surface area contributed by atoms with Crippen molar-refractivity contribution >= 4 is 57.3 Å². The first-order valence-corrected chi connectivity index (χ1v) is 14.2. The fourth-order valence-electron chi connectivity index (χ4n) is 4.45. The van der Waals surface area contributed by atoms with Gasteiger partial charge in [0.05, 0.1) is 11.6 Å². The van der Waals surface area contributed by atoms with Gasteiger partial charge >= 0.3 is 5.91 Å². The molecule has 1 atom stereocenters. The second-order valence-electron chi connectivity index (χ2n) is 8.85. The highest BCUT2D eigenvalue weighted by atomic mass is 35.5. The van der Waals surface area contributed by atoms with E-state index in [1.54, 1.807) is 54.6 Å². The van der Waals surface area contributed by atoms with Gasteiger partial charge in [0.1, 0.15) is 24.8 Å². The minimum absolute atomic E-state index is 0.111. The summed E-state index contributed by atoms with van der Waals surface area (Å²) in [5.41, 5.74) is 1.59. The van der Waals surface area contributed by atoms with Crippen molar-refractivity contribution in [2.24, 2.45) is 0 Å². The van der Waals surface area contributed by atoms with E-state index in [9.17, 15) is 19.1 Å². The van der Waals surface area contributed by atoms with Gasteiger partial charge in [-0.3, -0.25) is 14.5 Å². The number of amides is 1. The molecule has 1 amide bonds. The van der Waals surface area contributed by atoms with Gasteiger partial charge in [0.15, 0.2) is 15.8 Å². The van der Waals surface area contributed by atoms with E-state index in [1.165, 1.54) is 28.8 Å². The molecule has 12 heteroatoms. The molecule has 3 aromatic carbocycles. The number of nitrogens with zero attached hydrogens (tertiary/aromatic N) is 3. The topological polar surface area (TPSA) is 102 Å². The summed E-state index contributed by atoms with van der Waals surface area (Å²) < 4.78 is 25.0.